The predicted octanol–water partition coefficient (Wildman–Crippen LogP) is 2.02. The number of hydrogen-bond acceptors (Lipinski definition) is 3. The van der Waals surface area contributed by atoms with Crippen LogP contribution in [0.4, 0.5) is 0 Å². The van der Waals surface area contributed by atoms with Gasteiger partial charge in [0, 0.05) is 12.0 Å². The maximum absolute atomic E-state index is 7.48. The summed E-state index contributed by atoms with van der Waals surface area (Å²) in [5.74, 6) is 1.01. The summed E-state index contributed by atoms with van der Waals surface area (Å²) in [4.78, 5) is 0. The van der Waals surface area contributed by atoms with E-state index in [0.29, 0.717) is 6.61 Å². The smallest absolute Gasteiger partial charge is 0.157 e. The van der Waals surface area contributed by atoms with E-state index < -0.39 is 0 Å². The van der Waals surface area contributed by atoms with E-state index in [1.54, 1.807) is 6.20 Å². The predicted molar refractivity (Wildman–Crippen MR) is 68.3 cm³/mol. The molecule has 17 heavy (non-hydrogen) atoms. The summed E-state index contributed by atoms with van der Waals surface area (Å²) in [6.45, 7) is 7.45. The highest BCUT2D eigenvalue weighted by Gasteiger charge is 2.21. The Hall–Kier alpha value is -1.52. The summed E-state index contributed by atoms with van der Waals surface area (Å²) in [5, 5.41) is 11.7. The standard InChI is InChI=1S/C12H22N4O/c1-4-7-17-10-8-15-16(9-10)6-5-12(2,3)11(13)14/h8-9H,4-7H2,1-3H3,(H3,13,14). The molecule has 0 saturated carbocycles. The molecule has 1 aromatic rings. The molecule has 0 unspecified atom stereocenters. The molecule has 5 heteroatoms. The van der Waals surface area contributed by atoms with Crippen LogP contribution in [0.3, 0.4) is 0 Å². The SMILES string of the molecule is CCCOc1cnn(CCC(C)(C)C(=N)N)c1. The average molecular weight is 238 g/mol. The van der Waals surface area contributed by atoms with Gasteiger partial charge in [0.25, 0.3) is 0 Å². The lowest BCUT2D eigenvalue weighted by Gasteiger charge is -2.22. The molecule has 96 valence electrons. The molecule has 0 aliphatic heterocycles. The Morgan fingerprint density at radius 3 is 2.88 bits per heavy atom. The first-order valence-electron chi connectivity index (χ1n) is 5.95. The van der Waals surface area contributed by atoms with Crippen molar-refractivity contribution in [1.29, 1.82) is 5.41 Å². The van der Waals surface area contributed by atoms with E-state index in [-0.39, 0.29) is 11.3 Å². The molecule has 1 heterocycles. The van der Waals surface area contributed by atoms with Crippen LogP contribution >= 0.6 is 0 Å². The van der Waals surface area contributed by atoms with Crippen molar-refractivity contribution in [2.24, 2.45) is 11.1 Å². The number of ether oxygens (including phenoxy) is 1. The Labute approximate surface area is 102 Å². The zero-order valence-electron chi connectivity index (χ0n) is 10.9. The van der Waals surface area contributed by atoms with Gasteiger partial charge < -0.3 is 10.5 Å². The molecule has 0 aliphatic rings. The first-order chi connectivity index (χ1) is 7.95. The molecule has 0 bridgehead atoms. The van der Waals surface area contributed by atoms with Gasteiger partial charge in [-0.1, -0.05) is 20.8 Å². The van der Waals surface area contributed by atoms with E-state index >= 15 is 0 Å². The molecule has 3 N–H and O–H groups in total. The summed E-state index contributed by atoms with van der Waals surface area (Å²) < 4.78 is 7.29. The summed E-state index contributed by atoms with van der Waals surface area (Å²) in [5.41, 5.74) is 5.25. The van der Waals surface area contributed by atoms with Gasteiger partial charge in [-0.05, 0) is 12.8 Å². The summed E-state index contributed by atoms with van der Waals surface area (Å²) in [6.07, 6.45) is 5.38. The number of rotatable bonds is 7. The van der Waals surface area contributed by atoms with Crippen LogP contribution in [-0.2, 0) is 6.54 Å². The zero-order chi connectivity index (χ0) is 12.9. The summed E-state index contributed by atoms with van der Waals surface area (Å²) in [7, 11) is 0. The number of nitrogens with zero attached hydrogens (tertiary/aromatic N) is 2. The van der Waals surface area contributed by atoms with Gasteiger partial charge in [0.15, 0.2) is 5.75 Å². The van der Waals surface area contributed by atoms with Crippen molar-refractivity contribution >= 4 is 5.84 Å². The normalized spacial score (nSPS) is 11.5. The van der Waals surface area contributed by atoms with Crippen LogP contribution in [0.5, 0.6) is 5.75 Å². The van der Waals surface area contributed by atoms with Crippen molar-refractivity contribution in [2.75, 3.05) is 6.61 Å². The molecule has 5 nitrogen and oxygen atoms in total. The second kappa shape index (κ2) is 5.70. The van der Waals surface area contributed by atoms with Gasteiger partial charge in [-0.15, -0.1) is 0 Å². The zero-order valence-corrected chi connectivity index (χ0v) is 10.9. The van der Waals surface area contributed by atoms with Crippen LogP contribution in [0.25, 0.3) is 0 Å². The Morgan fingerprint density at radius 1 is 1.59 bits per heavy atom. The van der Waals surface area contributed by atoms with Crippen molar-refractivity contribution in [2.45, 2.75) is 40.2 Å². The lowest BCUT2D eigenvalue weighted by atomic mass is 9.88. The second-order valence-electron chi connectivity index (χ2n) is 4.84. The Morgan fingerprint density at radius 2 is 2.29 bits per heavy atom. The molecule has 0 spiro atoms. The van der Waals surface area contributed by atoms with E-state index in [2.05, 4.69) is 12.0 Å². The van der Waals surface area contributed by atoms with Crippen LogP contribution in [0.15, 0.2) is 12.4 Å². The quantitative estimate of drug-likeness (QED) is 0.563. The minimum atomic E-state index is -0.281. The van der Waals surface area contributed by atoms with E-state index in [0.717, 1.165) is 25.1 Å². The van der Waals surface area contributed by atoms with Gasteiger partial charge in [-0.2, -0.15) is 5.10 Å². The highest BCUT2D eigenvalue weighted by atomic mass is 16.5. The Balaban J connectivity index is 2.47. The Kier molecular flexibility index (Phi) is 4.54. The molecule has 0 saturated heterocycles. The fraction of sp³-hybridized carbons (Fsp3) is 0.667. The summed E-state index contributed by atoms with van der Waals surface area (Å²) in [6, 6.07) is 0. The molecule has 0 aliphatic carbocycles. The van der Waals surface area contributed by atoms with Crippen molar-refractivity contribution in [3.8, 4) is 5.75 Å². The molecule has 0 aromatic carbocycles. The number of hydrogen-bond donors (Lipinski definition) is 2. The Bertz CT molecular complexity index is 370. The maximum Gasteiger partial charge on any atom is 0.157 e. The second-order valence-corrected chi connectivity index (χ2v) is 4.84. The van der Waals surface area contributed by atoms with E-state index in [1.165, 1.54) is 0 Å². The number of nitrogens with one attached hydrogen (secondary N) is 1. The molecule has 0 radical (unpaired) electrons. The number of aryl methyl sites for hydroxylation is 1. The lowest BCUT2D eigenvalue weighted by Crippen LogP contribution is -2.31. The maximum atomic E-state index is 7.48. The van der Waals surface area contributed by atoms with Gasteiger partial charge in [0.2, 0.25) is 0 Å². The third-order valence-corrected chi connectivity index (χ3v) is 2.78. The lowest BCUT2D eigenvalue weighted by molar-refractivity contribution is 0.316. The first-order valence-corrected chi connectivity index (χ1v) is 5.95. The third kappa shape index (κ3) is 4.09. The van der Waals surface area contributed by atoms with E-state index in [9.17, 15) is 0 Å². The van der Waals surface area contributed by atoms with E-state index in [4.69, 9.17) is 15.9 Å². The van der Waals surface area contributed by atoms with Gasteiger partial charge in [-0.25, -0.2) is 0 Å². The van der Waals surface area contributed by atoms with Crippen LogP contribution in [0.1, 0.15) is 33.6 Å². The monoisotopic (exact) mass is 238 g/mol. The molecule has 1 aromatic heterocycles. The molecule has 0 amide bonds. The average Bonchev–Trinajstić information content (AvgIpc) is 2.71. The number of aromatic nitrogens is 2. The van der Waals surface area contributed by atoms with Crippen LogP contribution in [0, 0.1) is 10.8 Å². The van der Waals surface area contributed by atoms with Gasteiger partial charge in [-0.3, -0.25) is 10.1 Å². The van der Waals surface area contributed by atoms with E-state index in [1.807, 2.05) is 24.7 Å². The number of amidine groups is 1. The minimum absolute atomic E-state index is 0.215. The topological polar surface area (TPSA) is 76.9 Å². The summed E-state index contributed by atoms with van der Waals surface area (Å²) >= 11 is 0. The van der Waals surface area contributed by atoms with Crippen LogP contribution in [0.2, 0.25) is 0 Å². The van der Waals surface area contributed by atoms with Gasteiger partial charge in [0.05, 0.1) is 24.8 Å². The highest BCUT2D eigenvalue weighted by molar-refractivity contribution is 5.82. The highest BCUT2D eigenvalue weighted by Crippen LogP contribution is 2.21. The molecule has 0 atom stereocenters. The van der Waals surface area contributed by atoms with Gasteiger partial charge in [0.1, 0.15) is 0 Å². The number of nitrogens with two attached hydrogens (primary N) is 1. The third-order valence-electron chi connectivity index (χ3n) is 2.78. The van der Waals surface area contributed by atoms with Crippen molar-refractivity contribution in [1.82, 2.24) is 9.78 Å². The fourth-order valence-electron chi connectivity index (χ4n) is 1.29. The minimum Gasteiger partial charge on any atom is -0.490 e. The molecular weight excluding hydrogens is 216 g/mol. The first kappa shape index (κ1) is 13.5. The van der Waals surface area contributed by atoms with Gasteiger partial charge >= 0.3 is 0 Å². The fourth-order valence-corrected chi connectivity index (χ4v) is 1.29. The van der Waals surface area contributed by atoms with Crippen LogP contribution < -0.4 is 10.5 Å². The van der Waals surface area contributed by atoms with Crippen LogP contribution in [-0.4, -0.2) is 22.2 Å². The molecule has 0 fully saturated rings. The van der Waals surface area contributed by atoms with Crippen molar-refractivity contribution in [3.63, 3.8) is 0 Å². The van der Waals surface area contributed by atoms with Crippen molar-refractivity contribution in [3.05, 3.63) is 12.4 Å². The van der Waals surface area contributed by atoms with Crippen molar-refractivity contribution < 1.29 is 4.74 Å². The molecular formula is C12H22N4O. The molecule has 1 rings (SSSR count). The largest absolute Gasteiger partial charge is 0.490 e.